The van der Waals surface area contributed by atoms with Crippen LogP contribution in [-0.4, -0.2) is 19.7 Å². The third kappa shape index (κ3) is 5.66. The van der Waals surface area contributed by atoms with Gasteiger partial charge in [0.15, 0.2) is 0 Å². The van der Waals surface area contributed by atoms with Crippen molar-refractivity contribution in [2.45, 2.75) is 32.3 Å². The first-order chi connectivity index (χ1) is 8.19. The van der Waals surface area contributed by atoms with Gasteiger partial charge < -0.3 is 10.1 Å². The molecule has 1 atom stereocenters. The molecule has 104 valence electrons. The molecule has 1 rings (SSSR count). The summed E-state index contributed by atoms with van der Waals surface area (Å²) < 4.78 is 5.91. The van der Waals surface area contributed by atoms with E-state index in [2.05, 4.69) is 12.2 Å². The van der Waals surface area contributed by atoms with Crippen LogP contribution >= 0.6 is 35.6 Å². The summed E-state index contributed by atoms with van der Waals surface area (Å²) in [5.41, 5.74) is 0. The zero-order chi connectivity index (χ0) is 12.7. The molecule has 0 bridgehead atoms. The lowest BCUT2D eigenvalue weighted by Gasteiger charge is -2.19. The van der Waals surface area contributed by atoms with Crippen molar-refractivity contribution in [3.8, 4) is 5.75 Å². The molecule has 0 spiro atoms. The minimum Gasteiger partial charge on any atom is -0.489 e. The maximum Gasteiger partial charge on any atom is 0.139 e. The van der Waals surface area contributed by atoms with Gasteiger partial charge in [-0.1, -0.05) is 42.6 Å². The van der Waals surface area contributed by atoms with Crippen molar-refractivity contribution in [2.75, 3.05) is 13.6 Å². The Hall–Kier alpha value is -0.150. The van der Waals surface area contributed by atoms with E-state index in [1.165, 1.54) is 0 Å². The summed E-state index contributed by atoms with van der Waals surface area (Å²) in [6.45, 7) is 3.08. The molecule has 0 saturated heterocycles. The molecule has 0 saturated carbocycles. The van der Waals surface area contributed by atoms with Crippen LogP contribution in [0.4, 0.5) is 0 Å². The third-order valence-corrected chi connectivity index (χ3v) is 3.34. The molecule has 5 heteroatoms. The van der Waals surface area contributed by atoms with Crippen LogP contribution < -0.4 is 10.1 Å². The van der Waals surface area contributed by atoms with Gasteiger partial charge in [0.25, 0.3) is 0 Å². The molecule has 0 amide bonds. The Labute approximate surface area is 125 Å². The molecule has 1 aromatic rings. The highest BCUT2D eigenvalue weighted by Crippen LogP contribution is 2.32. The number of ether oxygens (including phenoxy) is 1. The van der Waals surface area contributed by atoms with Gasteiger partial charge in [0.1, 0.15) is 10.8 Å². The molecular weight excluding hydrogens is 293 g/mol. The molecule has 1 aromatic carbocycles. The molecule has 1 N–H and O–H groups in total. The Kier molecular flexibility index (Phi) is 9.66. The second-order valence-corrected chi connectivity index (χ2v) is 4.76. The second kappa shape index (κ2) is 9.74. The van der Waals surface area contributed by atoms with Crippen molar-refractivity contribution in [2.24, 2.45) is 0 Å². The third-order valence-electron chi connectivity index (χ3n) is 2.54. The van der Waals surface area contributed by atoms with Gasteiger partial charge in [-0.25, -0.2) is 0 Å². The Morgan fingerprint density at radius 1 is 1.28 bits per heavy atom. The first kappa shape index (κ1) is 17.8. The molecular formula is C13H20Cl3NO. The lowest BCUT2D eigenvalue weighted by Crippen LogP contribution is -2.22. The molecule has 0 aliphatic carbocycles. The Morgan fingerprint density at radius 2 is 2.00 bits per heavy atom. The number of nitrogens with one attached hydrogen (secondary N) is 1. The Morgan fingerprint density at radius 3 is 2.61 bits per heavy atom. The lowest BCUT2D eigenvalue weighted by molar-refractivity contribution is 0.180. The van der Waals surface area contributed by atoms with Crippen molar-refractivity contribution < 1.29 is 4.74 Å². The summed E-state index contributed by atoms with van der Waals surface area (Å²) in [5, 5.41) is 4.16. The Bertz CT molecular complexity index is 347. The smallest absolute Gasteiger partial charge is 0.139 e. The van der Waals surface area contributed by atoms with E-state index in [0.29, 0.717) is 15.8 Å². The molecule has 2 nitrogen and oxygen atoms in total. The van der Waals surface area contributed by atoms with Crippen molar-refractivity contribution >= 4 is 35.6 Å². The fourth-order valence-electron chi connectivity index (χ4n) is 1.64. The maximum atomic E-state index is 6.10. The summed E-state index contributed by atoms with van der Waals surface area (Å²) in [5.74, 6) is 0.675. The largest absolute Gasteiger partial charge is 0.489 e. The van der Waals surface area contributed by atoms with E-state index < -0.39 is 0 Å². The quantitative estimate of drug-likeness (QED) is 0.796. The summed E-state index contributed by atoms with van der Waals surface area (Å²) in [7, 11) is 1.94. The summed E-state index contributed by atoms with van der Waals surface area (Å²) in [4.78, 5) is 0. The van der Waals surface area contributed by atoms with E-state index in [1.54, 1.807) is 6.07 Å². The maximum absolute atomic E-state index is 6.10. The number of rotatable bonds is 7. The molecule has 0 fully saturated rings. The van der Waals surface area contributed by atoms with Crippen LogP contribution in [0, 0.1) is 0 Å². The van der Waals surface area contributed by atoms with Crippen LogP contribution in [0.15, 0.2) is 18.2 Å². The van der Waals surface area contributed by atoms with E-state index in [-0.39, 0.29) is 18.5 Å². The predicted molar refractivity (Wildman–Crippen MR) is 81.6 cm³/mol. The number of halogens is 3. The van der Waals surface area contributed by atoms with Gasteiger partial charge in [0, 0.05) is 0 Å². The van der Waals surface area contributed by atoms with E-state index in [9.17, 15) is 0 Å². The highest BCUT2D eigenvalue weighted by atomic mass is 35.5. The molecule has 0 aliphatic heterocycles. The van der Waals surface area contributed by atoms with Crippen LogP contribution in [0.3, 0.4) is 0 Å². The molecule has 0 aliphatic rings. The molecule has 0 aromatic heterocycles. The number of hydrogen-bond acceptors (Lipinski definition) is 2. The van der Waals surface area contributed by atoms with Crippen LogP contribution in [-0.2, 0) is 0 Å². The second-order valence-electron chi connectivity index (χ2n) is 3.97. The highest BCUT2D eigenvalue weighted by Gasteiger charge is 2.12. The van der Waals surface area contributed by atoms with E-state index in [0.717, 1.165) is 25.8 Å². The molecule has 0 radical (unpaired) electrons. The minimum atomic E-state index is 0. The fourth-order valence-corrected chi connectivity index (χ4v) is 1.98. The van der Waals surface area contributed by atoms with Crippen LogP contribution in [0.1, 0.15) is 26.2 Å². The minimum absolute atomic E-state index is 0. The van der Waals surface area contributed by atoms with Crippen LogP contribution in [0.5, 0.6) is 5.75 Å². The SMILES string of the molecule is CCC[C@@H](CCNC)Oc1cccc(Cl)c1Cl.Cl. The van der Waals surface area contributed by atoms with Gasteiger partial charge >= 0.3 is 0 Å². The first-order valence-electron chi connectivity index (χ1n) is 5.94. The van der Waals surface area contributed by atoms with Crippen molar-refractivity contribution in [3.05, 3.63) is 28.2 Å². The monoisotopic (exact) mass is 311 g/mol. The average molecular weight is 313 g/mol. The van der Waals surface area contributed by atoms with Gasteiger partial charge in [-0.05, 0) is 38.6 Å². The van der Waals surface area contributed by atoms with E-state index in [1.807, 2.05) is 19.2 Å². The van der Waals surface area contributed by atoms with Crippen LogP contribution in [0.2, 0.25) is 10.0 Å². The normalized spacial score (nSPS) is 11.8. The number of hydrogen-bond donors (Lipinski definition) is 1. The van der Waals surface area contributed by atoms with Crippen molar-refractivity contribution in [1.82, 2.24) is 5.32 Å². The van der Waals surface area contributed by atoms with Crippen molar-refractivity contribution in [3.63, 3.8) is 0 Å². The van der Waals surface area contributed by atoms with E-state index >= 15 is 0 Å². The number of benzene rings is 1. The highest BCUT2D eigenvalue weighted by molar-refractivity contribution is 6.42. The lowest BCUT2D eigenvalue weighted by atomic mass is 10.1. The zero-order valence-electron chi connectivity index (χ0n) is 10.7. The van der Waals surface area contributed by atoms with Gasteiger partial charge in [0.05, 0.1) is 11.1 Å². The van der Waals surface area contributed by atoms with Gasteiger partial charge in [0.2, 0.25) is 0 Å². The topological polar surface area (TPSA) is 21.3 Å². The fraction of sp³-hybridized carbons (Fsp3) is 0.538. The van der Waals surface area contributed by atoms with Gasteiger partial charge in [-0.2, -0.15) is 0 Å². The van der Waals surface area contributed by atoms with Crippen LogP contribution in [0.25, 0.3) is 0 Å². The zero-order valence-corrected chi connectivity index (χ0v) is 13.0. The van der Waals surface area contributed by atoms with Gasteiger partial charge in [-0.15, -0.1) is 12.4 Å². The first-order valence-corrected chi connectivity index (χ1v) is 6.69. The van der Waals surface area contributed by atoms with E-state index in [4.69, 9.17) is 27.9 Å². The Balaban J connectivity index is 0.00000289. The van der Waals surface area contributed by atoms with Crippen molar-refractivity contribution in [1.29, 1.82) is 0 Å². The average Bonchev–Trinajstić information content (AvgIpc) is 2.32. The van der Waals surface area contributed by atoms with Gasteiger partial charge in [-0.3, -0.25) is 0 Å². The molecule has 18 heavy (non-hydrogen) atoms. The predicted octanol–water partition coefficient (Wildman–Crippen LogP) is 4.57. The summed E-state index contributed by atoms with van der Waals surface area (Å²) in [6, 6.07) is 5.47. The summed E-state index contributed by atoms with van der Waals surface area (Å²) in [6.07, 6.45) is 3.26. The molecule has 0 heterocycles. The molecule has 0 unspecified atom stereocenters. The standard InChI is InChI=1S/C13H19Cl2NO.ClH/c1-3-5-10(8-9-16-2)17-12-7-4-6-11(14)13(12)15;/h4,6-7,10,16H,3,5,8-9H2,1-2H3;1H/t10-;/m0./s1. The summed E-state index contributed by atoms with van der Waals surface area (Å²) >= 11 is 12.1.